The molecular formula is C22H25N3O5. The molecule has 1 fully saturated rings. The third-order valence-electron chi connectivity index (χ3n) is 5.27. The van der Waals surface area contributed by atoms with Gasteiger partial charge in [-0.25, -0.2) is 9.59 Å². The van der Waals surface area contributed by atoms with E-state index in [1.54, 1.807) is 23.3 Å². The topological polar surface area (TPSA) is 102 Å². The van der Waals surface area contributed by atoms with Crippen LogP contribution in [0.4, 0.5) is 11.4 Å². The monoisotopic (exact) mass is 411 g/mol. The molecule has 2 aliphatic heterocycles. The van der Waals surface area contributed by atoms with Crippen LogP contribution >= 0.6 is 0 Å². The van der Waals surface area contributed by atoms with Crippen LogP contribution in [-0.4, -0.2) is 45.2 Å². The van der Waals surface area contributed by atoms with Crippen molar-refractivity contribution in [3.8, 4) is 0 Å². The Morgan fingerprint density at radius 1 is 0.967 bits per heavy atom. The Morgan fingerprint density at radius 2 is 1.60 bits per heavy atom. The lowest BCUT2D eigenvalue weighted by Gasteiger charge is -2.35. The summed E-state index contributed by atoms with van der Waals surface area (Å²) in [6, 6.07) is 7.57. The number of piperidine rings is 1. The minimum Gasteiger partial charge on any atom is -0.465 e. The van der Waals surface area contributed by atoms with E-state index in [4.69, 9.17) is 15.2 Å². The molecule has 30 heavy (non-hydrogen) atoms. The number of rotatable bonds is 5. The molecule has 0 spiro atoms. The van der Waals surface area contributed by atoms with Crippen molar-refractivity contribution in [2.75, 3.05) is 37.1 Å². The Labute approximate surface area is 175 Å². The number of allylic oxidation sites excluding steroid dienone is 2. The Kier molecular flexibility index (Phi) is 6.56. The first-order chi connectivity index (χ1) is 14.5. The van der Waals surface area contributed by atoms with Gasteiger partial charge in [0.15, 0.2) is 0 Å². The fourth-order valence-corrected chi connectivity index (χ4v) is 3.69. The van der Waals surface area contributed by atoms with E-state index in [0.717, 1.165) is 5.69 Å². The summed E-state index contributed by atoms with van der Waals surface area (Å²) in [5.41, 5.74) is 7.19. The fourth-order valence-electron chi connectivity index (χ4n) is 3.69. The molecule has 1 aromatic rings. The molecule has 0 bridgehead atoms. The van der Waals surface area contributed by atoms with E-state index in [1.807, 2.05) is 24.3 Å². The number of amides is 1. The Bertz CT molecular complexity index is 926. The van der Waals surface area contributed by atoms with Crippen molar-refractivity contribution in [1.29, 1.82) is 0 Å². The van der Waals surface area contributed by atoms with Crippen molar-refractivity contribution in [3.63, 3.8) is 0 Å². The first-order valence-electron chi connectivity index (χ1n) is 9.66. The Balaban J connectivity index is 2.05. The van der Waals surface area contributed by atoms with Crippen molar-refractivity contribution in [2.45, 2.75) is 12.8 Å². The van der Waals surface area contributed by atoms with E-state index >= 15 is 0 Å². The average Bonchev–Trinajstić information content (AvgIpc) is 3.01. The molecule has 2 heterocycles. The van der Waals surface area contributed by atoms with Crippen LogP contribution in [-0.2, 0) is 23.9 Å². The molecular weight excluding hydrogens is 386 g/mol. The molecule has 2 N–H and O–H groups in total. The van der Waals surface area contributed by atoms with Crippen LogP contribution < -0.4 is 15.5 Å². The van der Waals surface area contributed by atoms with E-state index < -0.39 is 11.9 Å². The summed E-state index contributed by atoms with van der Waals surface area (Å²) < 4.78 is 9.84. The zero-order valence-electron chi connectivity index (χ0n) is 17.0. The van der Waals surface area contributed by atoms with Gasteiger partial charge < -0.3 is 25.0 Å². The lowest BCUT2D eigenvalue weighted by molar-refractivity contribution is -0.139. The molecule has 1 amide bonds. The fraction of sp³-hybridized carbons (Fsp3) is 0.318. The van der Waals surface area contributed by atoms with Gasteiger partial charge in [-0.05, 0) is 37.1 Å². The summed E-state index contributed by atoms with van der Waals surface area (Å²) in [7, 11) is 2.53. The molecule has 0 radical (unpaired) electrons. The van der Waals surface area contributed by atoms with Gasteiger partial charge >= 0.3 is 11.9 Å². The van der Waals surface area contributed by atoms with Crippen LogP contribution in [0.25, 0.3) is 0 Å². The second kappa shape index (κ2) is 9.30. The second-order valence-electron chi connectivity index (χ2n) is 6.97. The minimum absolute atomic E-state index is 0.0637. The van der Waals surface area contributed by atoms with E-state index in [1.165, 1.54) is 20.3 Å². The van der Waals surface area contributed by atoms with Crippen molar-refractivity contribution >= 4 is 29.2 Å². The van der Waals surface area contributed by atoms with Crippen LogP contribution in [0.5, 0.6) is 0 Å². The van der Waals surface area contributed by atoms with Crippen LogP contribution in [0.2, 0.25) is 0 Å². The highest BCUT2D eigenvalue weighted by Gasteiger charge is 2.30. The van der Waals surface area contributed by atoms with Crippen molar-refractivity contribution in [1.82, 2.24) is 0 Å². The molecule has 8 nitrogen and oxygen atoms in total. The summed E-state index contributed by atoms with van der Waals surface area (Å²) in [6.07, 6.45) is 7.94. The Morgan fingerprint density at radius 3 is 2.20 bits per heavy atom. The highest BCUT2D eigenvalue weighted by atomic mass is 16.5. The van der Waals surface area contributed by atoms with Crippen molar-refractivity contribution < 1.29 is 23.9 Å². The molecule has 158 valence electrons. The van der Waals surface area contributed by atoms with Crippen LogP contribution in [0.3, 0.4) is 0 Å². The van der Waals surface area contributed by atoms with E-state index in [2.05, 4.69) is 4.90 Å². The molecule has 1 aromatic carbocycles. The molecule has 1 saturated heterocycles. The lowest BCUT2D eigenvalue weighted by Crippen LogP contribution is -2.39. The van der Waals surface area contributed by atoms with E-state index in [0.29, 0.717) is 31.6 Å². The van der Waals surface area contributed by atoms with Crippen molar-refractivity contribution in [2.24, 2.45) is 11.7 Å². The van der Waals surface area contributed by atoms with E-state index in [-0.39, 0.29) is 23.1 Å². The number of hydrogen-bond acceptors (Lipinski definition) is 7. The summed E-state index contributed by atoms with van der Waals surface area (Å²) in [5, 5.41) is 0. The highest BCUT2D eigenvalue weighted by molar-refractivity contribution is 6.06. The quantitative estimate of drug-likeness (QED) is 0.738. The van der Waals surface area contributed by atoms with Crippen LogP contribution in [0, 0.1) is 5.92 Å². The molecule has 0 aliphatic carbocycles. The number of ether oxygens (including phenoxy) is 2. The van der Waals surface area contributed by atoms with Gasteiger partial charge in [0.2, 0.25) is 5.91 Å². The van der Waals surface area contributed by atoms with Gasteiger partial charge in [-0.1, -0.05) is 18.2 Å². The third-order valence-corrected chi connectivity index (χ3v) is 5.27. The second-order valence-corrected chi connectivity index (χ2v) is 6.97. The lowest BCUT2D eigenvalue weighted by atomic mass is 9.95. The minimum atomic E-state index is -0.658. The number of nitrogens with zero attached hydrogens (tertiary/aromatic N) is 2. The smallest absolute Gasteiger partial charge is 0.355 e. The van der Waals surface area contributed by atoms with Crippen LogP contribution in [0.1, 0.15) is 12.8 Å². The van der Waals surface area contributed by atoms with Gasteiger partial charge in [0, 0.05) is 25.2 Å². The standard InChI is InChI=1S/C22H25N3O5/c1-29-21(27)16-7-5-6-12-25(19(16)22(28)30-2)18-9-4-3-8-17(18)24-13-10-15(11-14-24)20(23)26/h3-9,12,15H,10-11,13-14H2,1-2H3,(H2,23,26). The number of para-hydroxylation sites is 2. The Hall–Kier alpha value is -3.55. The number of carbonyl (C=O) groups is 3. The molecule has 0 atom stereocenters. The first kappa shape index (κ1) is 21.2. The van der Waals surface area contributed by atoms with Crippen molar-refractivity contribution in [3.05, 3.63) is 60.0 Å². The summed E-state index contributed by atoms with van der Waals surface area (Å²) >= 11 is 0. The maximum Gasteiger partial charge on any atom is 0.355 e. The highest BCUT2D eigenvalue weighted by Crippen LogP contribution is 2.36. The number of benzene rings is 1. The normalized spacial score (nSPS) is 17.0. The summed E-state index contributed by atoms with van der Waals surface area (Å²) in [5.74, 6) is -1.70. The number of carbonyl (C=O) groups excluding carboxylic acids is 3. The molecule has 0 aromatic heterocycles. The number of nitrogens with two attached hydrogens (primary N) is 1. The van der Waals surface area contributed by atoms with E-state index in [9.17, 15) is 14.4 Å². The maximum absolute atomic E-state index is 12.7. The maximum atomic E-state index is 12.7. The molecule has 3 rings (SSSR count). The summed E-state index contributed by atoms with van der Waals surface area (Å²) in [4.78, 5) is 40.3. The molecule has 2 aliphatic rings. The number of primary amides is 1. The number of anilines is 2. The van der Waals surface area contributed by atoms with Gasteiger partial charge in [-0.3, -0.25) is 4.79 Å². The number of methoxy groups -OCH3 is 2. The molecule has 8 heteroatoms. The zero-order chi connectivity index (χ0) is 21.7. The SMILES string of the molecule is COC(=O)C1=C(C(=O)OC)N(c2ccccc2N2CCC(C(N)=O)CC2)C=CC=C1. The predicted molar refractivity (Wildman–Crippen MR) is 112 cm³/mol. The number of esters is 2. The van der Waals surface area contributed by atoms with Gasteiger partial charge in [0.05, 0.1) is 31.2 Å². The zero-order valence-corrected chi connectivity index (χ0v) is 17.0. The molecule has 0 unspecified atom stereocenters. The average molecular weight is 411 g/mol. The van der Waals surface area contributed by atoms with Gasteiger partial charge in [-0.15, -0.1) is 0 Å². The first-order valence-corrected chi connectivity index (χ1v) is 9.66. The van der Waals surface area contributed by atoms with Gasteiger partial charge in [0.25, 0.3) is 0 Å². The van der Waals surface area contributed by atoms with Gasteiger partial charge in [0.1, 0.15) is 5.70 Å². The molecule has 0 saturated carbocycles. The van der Waals surface area contributed by atoms with Crippen LogP contribution in [0.15, 0.2) is 60.0 Å². The van der Waals surface area contributed by atoms with Gasteiger partial charge in [-0.2, -0.15) is 0 Å². The predicted octanol–water partition coefficient (Wildman–Crippen LogP) is 1.88. The third kappa shape index (κ3) is 4.22. The largest absolute Gasteiger partial charge is 0.465 e. The number of hydrogen-bond donors (Lipinski definition) is 1. The summed E-state index contributed by atoms with van der Waals surface area (Å²) in [6.45, 7) is 1.31.